The summed E-state index contributed by atoms with van der Waals surface area (Å²) in [6.07, 6.45) is 0.108. The number of benzene rings is 3. The first-order valence-corrected chi connectivity index (χ1v) is 7.81. The van der Waals surface area contributed by atoms with Crippen LogP contribution in [0.25, 0.3) is 10.8 Å². The van der Waals surface area contributed by atoms with Crippen LogP contribution in [0.15, 0.2) is 66.7 Å². The van der Waals surface area contributed by atoms with Crippen LogP contribution >= 0.6 is 0 Å². The molecule has 0 bridgehead atoms. The third-order valence-electron chi connectivity index (χ3n) is 4.03. The fourth-order valence-electron chi connectivity index (χ4n) is 2.77. The molecule has 0 saturated heterocycles. The van der Waals surface area contributed by atoms with Gasteiger partial charge in [-0.2, -0.15) is 0 Å². The zero-order chi connectivity index (χ0) is 17.8. The maximum atomic E-state index is 13.7. The maximum Gasteiger partial charge on any atom is 0.326 e. The molecule has 0 spiro atoms. The predicted octanol–water partition coefficient (Wildman–Crippen LogP) is 3.40. The van der Waals surface area contributed by atoms with E-state index < -0.39 is 23.7 Å². The number of aliphatic carboxylic acids is 1. The van der Waals surface area contributed by atoms with E-state index in [2.05, 4.69) is 5.32 Å². The van der Waals surface area contributed by atoms with Gasteiger partial charge >= 0.3 is 5.97 Å². The van der Waals surface area contributed by atoms with E-state index in [-0.39, 0.29) is 12.0 Å². The Balaban J connectivity index is 1.86. The Morgan fingerprint density at radius 1 is 0.960 bits per heavy atom. The molecule has 0 aliphatic carbocycles. The second-order valence-electron chi connectivity index (χ2n) is 5.69. The molecule has 3 aromatic rings. The molecular formula is C20H16FNO3. The highest BCUT2D eigenvalue weighted by molar-refractivity contribution is 5.97. The highest BCUT2D eigenvalue weighted by atomic mass is 19.1. The van der Waals surface area contributed by atoms with E-state index in [1.807, 2.05) is 42.5 Å². The van der Waals surface area contributed by atoms with E-state index in [0.717, 1.165) is 22.4 Å². The third kappa shape index (κ3) is 3.66. The number of carboxylic acids is 1. The monoisotopic (exact) mass is 337 g/mol. The van der Waals surface area contributed by atoms with Gasteiger partial charge in [0.15, 0.2) is 0 Å². The topological polar surface area (TPSA) is 66.4 Å². The minimum atomic E-state index is -1.17. The summed E-state index contributed by atoms with van der Waals surface area (Å²) >= 11 is 0. The summed E-state index contributed by atoms with van der Waals surface area (Å²) < 4.78 is 13.7. The van der Waals surface area contributed by atoms with Crippen LogP contribution < -0.4 is 5.32 Å². The van der Waals surface area contributed by atoms with Crippen LogP contribution in [0.4, 0.5) is 4.39 Å². The Morgan fingerprint density at radius 2 is 1.64 bits per heavy atom. The maximum absolute atomic E-state index is 13.7. The van der Waals surface area contributed by atoms with Crippen molar-refractivity contribution >= 4 is 22.6 Å². The number of fused-ring (bicyclic) bond motifs is 1. The first kappa shape index (κ1) is 16.6. The summed E-state index contributed by atoms with van der Waals surface area (Å²) in [6, 6.07) is 17.6. The molecule has 0 heterocycles. The average Bonchev–Trinajstić information content (AvgIpc) is 2.61. The Bertz CT molecular complexity index is 934. The van der Waals surface area contributed by atoms with Gasteiger partial charge in [-0.3, -0.25) is 4.79 Å². The van der Waals surface area contributed by atoms with E-state index in [1.54, 1.807) is 0 Å². The number of carbonyl (C=O) groups is 2. The van der Waals surface area contributed by atoms with Crippen LogP contribution in [0.2, 0.25) is 0 Å². The number of carboxylic acid groups (broad SMARTS) is 1. The van der Waals surface area contributed by atoms with Crippen LogP contribution in [-0.4, -0.2) is 23.0 Å². The molecular weight excluding hydrogens is 321 g/mol. The fourth-order valence-corrected chi connectivity index (χ4v) is 2.77. The summed E-state index contributed by atoms with van der Waals surface area (Å²) in [6.45, 7) is 0. The van der Waals surface area contributed by atoms with Crippen molar-refractivity contribution in [2.45, 2.75) is 12.5 Å². The third-order valence-corrected chi connectivity index (χ3v) is 4.03. The Morgan fingerprint density at radius 3 is 2.40 bits per heavy atom. The van der Waals surface area contributed by atoms with Gasteiger partial charge in [0, 0.05) is 6.42 Å². The molecule has 0 unspecified atom stereocenters. The standard InChI is InChI=1S/C20H16FNO3/c21-17-11-4-3-10-16(17)19(23)22-18(20(24)25)12-14-8-5-7-13-6-1-2-9-15(13)14/h1-11,18H,12H2,(H,22,23)(H,24,25)/t18-/m1/s1. The number of hydrogen-bond donors (Lipinski definition) is 2. The molecule has 0 aromatic heterocycles. The van der Waals surface area contributed by atoms with Crippen molar-refractivity contribution in [2.24, 2.45) is 0 Å². The van der Waals surface area contributed by atoms with Crippen LogP contribution in [0, 0.1) is 5.82 Å². The molecule has 2 N–H and O–H groups in total. The van der Waals surface area contributed by atoms with Gasteiger partial charge < -0.3 is 10.4 Å². The summed E-state index contributed by atoms with van der Waals surface area (Å²) in [5, 5.41) is 13.8. The van der Waals surface area contributed by atoms with Gasteiger partial charge in [0.1, 0.15) is 11.9 Å². The van der Waals surface area contributed by atoms with Gasteiger partial charge in [-0.1, -0.05) is 54.6 Å². The second kappa shape index (κ2) is 7.13. The molecule has 0 radical (unpaired) electrons. The molecule has 3 rings (SSSR count). The van der Waals surface area contributed by atoms with Crippen LogP contribution in [0.5, 0.6) is 0 Å². The van der Waals surface area contributed by atoms with E-state index in [9.17, 15) is 19.1 Å². The van der Waals surface area contributed by atoms with Crippen LogP contribution in [0.3, 0.4) is 0 Å². The quantitative estimate of drug-likeness (QED) is 0.750. The van der Waals surface area contributed by atoms with Crippen LogP contribution in [-0.2, 0) is 11.2 Å². The van der Waals surface area contributed by atoms with Crippen molar-refractivity contribution in [2.75, 3.05) is 0 Å². The molecule has 1 amide bonds. The average molecular weight is 337 g/mol. The Labute approximate surface area is 143 Å². The van der Waals surface area contributed by atoms with Crippen molar-refractivity contribution in [1.29, 1.82) is 0 Å². The number of rotatable bonds is 5. The second-order valence-corrected chi connectivity index (χ2v) is 5.69. The van der Waals surface area contributed by atoms with E-state index in [0.29, 0.717) is 0 Å². The molecule has 0 aliphatic rings. The lowest BCUT2D eigenvalue weighted by Gasteiger charge is -2.16. The number of carbonyl (C=O) groups excluding carboxylic acids is 1. The van der Waals surface area contributed by atoms with Gasteiger partial charge in [-0.15, -0.1) is 0 Å². The Kier molecular flexibility index (Phi) is 4.75. The molecule has 126 valence electrons. The largest absolute Gasteiger partial charge is 0.480 e. The molecule has 3 aromatic carbocycles. The van der Waals surface area contributed by atoms with Gasteiger partial charge in [0.2, 0.25) is 0 Å². The summed E-state index contributed by atoms with van der Waals surface area (Å²) in [5.74, 6) is -2.60. The van der Waals surface area contributed by atoms with Crippen molar-refractivity contribution in [3.8, 4) is 0 Å². The molecule has 4 nitrogen and oxygen atoms in total. The minimum Gasteiger partial charge on any atom is -0.480 e. The summed E-state index contributed by atoms with van der Waals surface area (Å²) in [7, 11) is 0. The highest BCUT2D eigenvalue weighted by Gasteiger charge is 2.23. The number of amides is 1. The number of hydrogen-bond acceptors (Lipinski definition) is 2. The zero-order valence-corrected chi connectivity index (χ0v) is 13.3. The van der Waals surface area contributed by atoms with E-state index >= 15 is 0 Å². The molecule has 5 heteroatoms. The van der Waals surface area contributed by atoms with Crippen molar-refractivity contribution in [3.63, 3.8) is 0 Å². The predicted molar refractivity (Wildman–Crippen MR) is 92.9 cm³/mol. The lowest BCUT2D eigenvalue weighted by molar-refractivity contribution is -0.139. The van der Waals surface area contributed by atoms with Crippen molar-refractivity contribution in [1.82, 2.24) is 5.32 Å². The number of halogens is 1. The van der Waals surface area contributed by atoms with Gasteiger partial charge in [0.25, 0.3) is 5.91 Å². The van der Waals surface area contributed by atoms with E-state index in [1.165, 1.54) is 18.2 Å². The molecule has 0 aliphatic heterocycles. The lowest BCUT2D eigenvalue weighted by atomic mass is 9.98. The van der Waals surface area contributed by atoms with Gasteiger partial charge in [-0.05, 0) is 28.5 Å². The first-order chi connectivity index (χ1) is 12.1. The fraction of sp³-hybridized carbons (Fsp3) is 0.100. The van der Waals surface area contributed by atoms with Crippen molar-refractivity contribution in [3.05, 3.63) is 83.7 Å². The van der Waals surface area contributed by atoms with Gasteiger partial charge in [0.05, 0.1) is 5.56 Å². The molecule has 0 fully saturated rings. The first-order valence-electron chi connectivity index (χ1n) is 7.81. The van der Waals surface area contributed by atoms with E-state index in [4.69, 9.17) is 0 Å². The van der Waals surface area contributed by atoms with Gasteiger partial charge in [-0.25, -0.2) is 9.18 Å². The number of nitrogens with one attached hydrogen (secondary N) is 1. The molecule has 0 saturated carbocycles. The molecule has 25 heavy (non-hydrogen) atoms. The smallest absolute Gasteiger partial charge is 0.326 e. The molecule has 1 atom stereocenters. The zero-order valence-electron chi connectivity index (χ0n) is 13.3. The van der Waals surface area contributed by atoms with Crippen molar-refractivity contribution < 1.29 is 19.1 Å². The summed E-state index contributed by atoms with van der Waals surface area (Å²) in [4.78, 5) is 23.8. The SMILES string of the molecule is O=C(N[C@H](Cc1cccc2ccccc12)C(=O)O)c1ccccc1F. The minimum absolute atomic E-state index is 0.108. The van der Waals surface area contributed by atoms with Crippen LogP contribution in [0.1, 0.15) is 15.9 Å². The summed E-state index contributed by atoms with van der Waals surface area (Å²) in [5.41, 5.74) is 0.631. The lowest BCUT2D eigenvalue weighted by Crippen LogP contribution is -2.42. The highest BCUT2D eigenvalue weighted by Crippen LogP contribution is 2.20. The Hall–Kier alpha value is -3.21. The normalized spacial score (nSPS) is 11.9.